The first kappa shape index (κ1) is 16.3. The van der Waals surface area contributed by atoms with E-state index in [-0.39, 0.29) is 5.91 Å². The van der Waals surface area contributed by atoms with Gasteiger partial charge in [-0.05, 0) is 25.0 Å². The quantitative estimate of drug-likeness (QED) is 0.698. The van der Waals surface area contributed by atoms with E-state index in [0.717, 1.165) is 29.2 Å². The summed E-state index contributed by atoms with van der Waals surface area (Å²) in [6.45, 7) is 0. The van der Waals surface area contributed by atoms with E-state index in [1.165, 1.54) is 24.2 Å². The number of hydrogen-bond acceptors (Lipinski definition) is 4. The van der Waals surface area contributed by atoms with Crippen LogP contribution in [0.5, 0.6) is 0 Å². The van der Waals surface area contributed by atoms with Gasteiger partial charge >= 0.3 is 0 Å². The second-order valence-electron chi connectivity index (χ2n) is 6.10. The van der Waals surface area contributed by atoms with Crippen LogP contribution in [-0.4, -0.2) is 20.7 Å². The topological polar surface area (TPSA) is 59.8 Å². The summed E-state index contributed by atoms with van der Waals surface area (Å²) >= 11 is 7.36. The molecule has 1 aliphatic rings. The van der Waals surface area contributed by atoms with E-state index < -0.39 is 0 Å². The van der Waals surface area contributed by atoms with Crippen LogP contribution in [0.1, 0.15) is 42.2 Å². The fraction of sp³-hybridized carbons (Fsp3) is 0.278. The molecule has 0 bridgehead atoms. The Bertz CT molecular complexity index is 881. The zero-order valence-electron chi connectivity index (χ0n) is 13.5. The third kappa shape index (κ3) is 3.45. The number of benzene rings is 1. The Morgan fingerprint density at radius 2 is 1.96 bits per heavy atom. The van der Waals surface area contributed by atoms with Crippen molar-refractivity contribution in [3.63, 3.8) is 0 Å². The van der Waals surface area contributed by atoms with Gasteiger partial charge < -0.3 is 5.32 Å². The van der Waals surface area contributed by atoms with Gasteiger partial charge in [0.25, 0.3) is 5.91 Å². The van der Waals surface area contributed by atoms with Crippen molar-refractivity contribution in [1.29, 1.82) is 0 Å². The number of rotatable bonds is 4. The van der Waals surface area contributed by atoms with Gasteiger partial charge in [0.2, 0.25) is 0 Å². The average molecular weight is 373 g/mol. The molecule has 7 heteroatoms. The SMILES string of the molecule is O=C(Nc1ccnn1C1CCCC1)c1csc(-c2ccc(Cl)cc2)n1. The molecule has 5 nitrogen and oxygen atoms in total. The first-order valence-corrected chi connectivity index (χ1v) is 9.53. The third-order valence-electron chi connectivity index (χ3n) is 4.41. The van der Waals surface area contributed by atoms with E-state index in [1.54, 1.807) is 11.6 Å². The molecule has 1 aromatic carbocycles. The van der Waals surface area contributed by atoms with E-state index in [2.05, 4.69) is 15.4 Å². The zero-order valence-corrected chi connectivity index (χ0v) is 15.1. The number of aromatic nitrogens is 3. The van der Waals surface area contributed by atoms with Gasteiger partial charge in [-0.2, -0.15) is 5.10 Å². The van der Waals surface area contributed by atoms with Crippen LogP contribution in [0.25, 0.3) is 10.6 Å². The standard InChI is InChI=1S/C18H17ClN4OS/c19-13-7-5-12(6-8-13)18-21-15(11-25-18)17(24)22-16-9-10-20-23(16)14-3-1-2-4-14/h5-11,14H,1-4H2,(H,22,24). The fourth-order valence-electron chi connectivity index (χ4n) is 3.14. The molecule has 4 rings (SSSR count). The monoisotopic (exact) mass is 372 g/mol. The highest BCUT2D eigenvalue weighted by atomic mass is 35.5. The van der Waals surface area contributed by atoms with E-state index in [0.29, 0.717) is 16.8 Å². The summed E-state index contributed by atoms with van der Waals surface area (Å²) in [6.07, 6.45) is 6.39. The predicted molar refractivity (Wildman–Crippen MR) is 100 cm³/mol. The van der Waals surface area contributed by atoms with Crippen molar-refractivity contribution < 1.29 is 4.79 Å². The number of amides is 1. The van der Waals surface area contributed by atoms with Crippen LogP contribution in [0, 0.1) is 0 Å². The molecule has 0 saturated heterocycles. The van der Waals surface area contributed by atoms with Crippen molar-refractivity contribution in [3.05, 3.63) is 52.6 Å². The molecule has 0 atom stereocenters. The van der Waals surface area contributed by atoms with Gasteiger partial charge in [-0.15, -0.1) is 11.3 Å². The van der Waals surface area contributed by atoms with Crippen LogP contribution in [0.3, 0.4) is 0 Å². The first-order chi connectivity index (χ1) is 12.2. The van der Waals surface area contributed by atoms with E-state index in [9.17, 15) is 4.79 Å². The first-order valence-electron chi connectivity index (χ1n) is 8.27. The lowest BCUT2D eigenvalue weighted by Crippen LogP contribution is -2.18. The molecule has 3 aromatic rings. The summed E-state index contributed by atoms with van der Waals surface area (Å²) in [6, 6.07) is 9.65. The highest BCUT2D eigenvalue weighted by molar-refractivity contribution is 7.13. The molecule has 1 amide bonds. The Morgan fingerprint density at radius 3 is 2.72 bits per heavy atom. The molecule has 128 valence electrons. The molecule has 0 radical (unpaired) electrons. The second-order valence-corrected chi connectivity index (χ2v) is 7.39. The number of thiazole rings is 1. The van der Waals surface area contributed by atoms with Crippen LogP contribution in [0.15, 0.2) is 41.9 Å². The summed E-state index contributed by atoms with van der Waals surface area (Å²) in [4.78, 5) is 17.0. The molecule has 0 aliphatic heterocycles. The molecule has 0 unspecified atom stereocenters. The number of carbonyl (C=O) groups excluding carboxylic acids is 1. The Hall–Kier alpha value is -2.18. The van der Waals surface area contributed by atoms with E-state index in [1.807, 2.05) is 35.0 Å². The van der Waals surface area contributed by atoms with Gasteiger partial charge in [-0.1, -0.05) is 36.6 Å². The Morgan fingerprint density at radius 1 is 1.20 bits per heavy atom. The van der Waals surface area contributed by atoms with E-state index in [4.69, 9.17) is 11.6 Å². The van der Waals surface area contributed by atoms with Gasteiger partial charge in [0, 0.05) is 22.0 Å². The van der Waals surface area contributed by atoms with Crippen LogP contribution in [0.4, 0.5) is 5.82 Å². The summed E-state index contributed by atoms with van der Waals surface area (Å²) in [5, 5.41) is 10.6. The van der Waals surface area contributed by atoms with Crippen LogP contribution >= 0.6 is 22.9 Å². The van der Waals surface area contributed by atoms with Crippen molar-refractivity contribution >= 4 is 34.7 Å². The maximum Gasteiger partial charge on any atom is 0.276 e. The third-order valence-corrected chi connectivity index (χ3v) is 5.55. The van der Waals surface area contributed by atoms with Gasteiger partial charge in [0.05, 0.1) is 12.2 Å². The molecular formula is C18H17ClN4OS. The van der Waals surface area contributed by atoms with Crippen molar-refractivity contribution in [2.75, 3.05) is 5.32 Å². The largest absolute Gasteiger partial charge is 0.305 e. The minimum absolute atomic E-state index is 0.212. The normalized spacial score (nSPS) is 14.8. The number of anilines is 1. The van der Waals surface area contributed by atoms with Gasteiger partial charge in [0.1, 0.15) is 16.5 Å². The zero-order chi connectivity index (χ0) is 17.2. The Labute approximate surface area is 154 Å². The minimum Gasteiger partial charge on any atom is -0.305 e. The summed E-state index contributed by atoms with van der Waals surface area (Å²) in [5.41, 5.74) is 1.36. The molecule has 1 aliphatic carbocycles. The Balaban J connectivity index is 1.51. The predicted octanol–water partition coefficient (Wildman–Crippen LogP) is 5.03. The highest BCUT2D eigenvalue weighted by Gasteiger charge is 2.21. The number of carbonyl (C=O) groups is 1. The molecule has 2 aromatic heterocycles. The van der Waals surface area contributed by atoms with Gasteiger partial charge in [0.15, 0.2) is 0 Å². The second kappa shape index (κ2) is 6.98. The van der Waals surface area contributed by atoms with Crippen molar-refractivity contribution in [3.8, 4) is 10.6 Å². The van der Waals surface area contributed by atoms with Gasteiger partial charge in [-0.25, -0.2) is 9.67 Å². The number of nitrogens with one attached hydrogen (secondary N) is 1. The number of nitrogens with zero attached hydrogens (tertiary/aromatic N) is 3. The van der Waals surface area contributed by atoms with Crippen LogP contribution < -0.4 is 5.32 Å². The van der Waals surface area contributed by atoms with Crippen molar-refractivity contribution in [1.82, 2.24) is 14.8 Å². The fourth-order valence-corrected chi connectivity index (χ4v) is 4.07. The number of halogens is 1. The molecule has 1 saturated carbocycles. The molecule has 1 N–H and O–H groups in total. The summed E-state index contributed by atoms with van der Waals surface area (Å²) < 4.78 is 1.93. The summed E-state index contributed by atoms with van der Waals surface area (Å²) in [7, 11) is 0. The van der Waals surface area contributed by atoms with Crippen molar-refractivity contribution in [2.24, 2.45) is 0 Å². The van der Waals surface area contributed by atoms with Gasteiger partial charge in [-0.3, -0.25) is 4.79 Å². The molecule has 2 heterocycles. The van der Waals surface area contributed by atoms with Crippen LogP contribution in [-0.2, 0) is 0 Å². The Kier molecular flexibility index (Phi) is 4.55. The lowest BCUT2D eigenvalue weighted by Gasteiger charge is -2.14. The minimum atomic E-state index is -0.212. The highest BCUT2D eigenvalue weighted by Crippen LogP contribution is 2.31. The van der Waals surface area contributed by atoms with E-state index >= 15 is 0 Å². The van der Waals surface area contributed by atoms with Crippen molar-refractivity contribution in [2.45, 2.75) is 31.7 Å². The lowest BCUT2D eigenvalue weighted by molar-refractivity contribution is 0.102. The molecular weight excluding hydrogens is 356 g/mol. The molecule has 0 spiro atoms. The molecule has 25 heavy (non-hydrogen) atoms. The maximum absolute atomic E-state index is 12.5. The average Bonchev–Trinajstić information content (AvgIpc) is 3.36. The maximum atomic E-state index is 12.5. The lowest BCUT2D eigenvalue weighted by atomic mass is 10.2. The van der Waals surface area contributed by atoms with Crippen LogP contribution in [0.2, 0.25) is 5.02 Å². The smallest absolute Gasteiger partial charge is 0.276 e. The number of hydrogen-bond donors (Lipinski definition) is 1. The molecule has 1 fully saturated rings. The summed E-state index contributed by atoms with van der Waals surface area (Å²) in [5.74, 6) is 0.522.